The first-order chi connectivity index (χ1) is 9.79. The van der Waals surface area contributed by atoms with Gasteiger partial charge in [-0.25, -0.2) is 8.42 Å². The minimum Gasteiger partial charge on any atom is -0.492 e. The molecule has 0 radical (unpaired) electrons. The van der Waals surface area contributed by atoms with E-state index in [0.717, 1.165) is 0 Å². The molecular weight excluding hydrogens is 318 g/mol. The summed E-state index contributed by atoms with van der Waals surface area (Å²) in [6.45, 7) is 4.12. The Morgan fingerprint density at radius 1 is 1.43 bits per heavy atom. The summed E-state index contributed by atoms with van der Waals surface area (Å²) in [5.41, 5.74) is 0.181. The molecule has 1 aromatic rings. The van der Waals surface area contributed by atoms with E-state index in [1.54, 1.807) is 13.8 Å². The fourth-order valence-electron chi connectivity index (χ4n) is 1.54. The van der Waals surface area contributed by atoms with Gasteiger partial charge in [-0.1, -0.05) is 0 Å². The standard InChI is InChI=1S/C13H18ClNO5S/c1-4-20-11-6-5-10(7-12(11)21(14,17)18)13(16)15-8-9(2)19-3/h5-7,9H,4,8H2,1-3H3,(H,15,16). The van der Waals surface area contributed by atoms with Crippen LogP contribution in [0, 0.1) is 0 Å². The Bertz CT molecular complexity index is 603. The molecule has 8 heteroatoms. The number of carbonyl (C=O) groups is 1. The summed E-state index contributed by atoms with van der Waals surface area (Å²) >= 11 is 0. The van der Waals surface area contributed by atoms with Gasteiger partial charge in [0, 0.05) is 29.9 Å². The Kier molecular flexibility index (Phi) is 6.44. The second kappa shape index (κ2) is 7.63. The van der Waals surface area contributed by atoms with Crippen LogP contribution in [0.25, 0.3) is 0 Å². The zero-order valence-corrected chi connectivity index (χ0v) is 13.6. The van der Waals surface area contributed by atoms with Gasteiger partial charge in [-0.05, 0) is 32.0 Å². The highest BCUT2D eigenvalue weighted by Gasteiger charge is 2.19. The first-order valence-electron chi connectivity index (χ1n) is 6.32. The van der Waals surface area contributed by atoms with Crippen molar-refractivity contribution in [3.8, 4) is 5.75 Å². The molecule has 0 saturated heterocycles. The maximum absolute atomic E-state index is 12.0. The van der Waals surface area contributed by atoms with Gasteiger partial charge in [-0.15, -0.1) is 0 Å². The monoisotopic (exact) mass is 335 g/mol. The molecule has 0 aromatic heterocycles. The van der Waals surface area contributed by atoms with Gasteiger partial charge in [0.1, 0.15) is 10.6 Å². The van der Waals surface area contributed by atoms with Crippen molar-refractivity contribution in [3.63, 3.8) is 0 Å². The smallest absolute Gasteiger partial charge is 0.265 e. The molecule has 0 bridgehead atoms. The van der Waals surface area contributed by atoms with E-state index in [1.807, 2.05) is 0 Å². The third kappa shape index (κ3) is 5.18. The number of nitrogens with one attached hydrogen (secondary N) is 1. The van der Waals surface area contributed by atoms with Gasteiger partial charge in [0.15, 0.2) is 0 Å². The third-order valence-corrected chi connectivity index (χ3v) is 4.06. The van der Waals surface area contributed by atoms with Crippen LogP contribution < -0.4 is 10.1 Å². The fraction of sp³-hybridized carbons (Fsp3) is 0.462. The van der Waals surface area contributed by atoms with Gasteiger partial charge in [0.05, 0.1) is 12.7 Å². The fourth-order valence-corrected chi connectivity index (χ4v) is 2.53. The number of ether oxygens (including phenoxy) is 2. The summed E-state index contributed by atoms with van der Waals surface area (Å²) < 4.78 is 33.3. The van der Waals surface area contributed by atoms with Crippen LogP contribution in [0.2, 0.25) is 0 Å². The molecule has 0 aliphatic rings. The van der Waals surface area contributed by atoms with Crippen molar-refractivity contribution < 1.29 is 22.7 Å². The van der Waals surface area contributed by atoms with Crippen molar-refractivity contribution in [2.45, 2.75) is 24.8 Å². The lowest BCUT2D eigenvalue weighted by Crippen LogP contribution is -2.31. The van der Waals surface area contributed by atoms with Gasteiger partial charge in [0.2, 0.25) is 0 Å². The van der Waals surface area contributed by atoms with Crippen LogP contribution in [0.3, 0.4) is 0 Å². The SMILES string of the molecule is CCOc1ccc(C(=O)NCC(C)OC)cc1S(=O)(=O)Cl. The number of amides is 1. The van der Waals surface area contributed by atoms with Gasteiger partial charge >= 0.3 is 0 Å². The molecule has 1 unspecified atom stereocenters. The highest BCUT2D eigenvalue weighted by Crippen LogP contribution is 2.28. The molecular formula is C13H18ClNO5S. The molecule has 0 aliphatic carbocycles. The highest BCUT2D eigenvalue weighted by atomic mass is 35.7. The van der Waals surface area contributed by atoms with Crippen molar-refractivity contribution in [1.82, 2.24) is 5.32 Å². The number of halogens is 1. The molecule has 1 N–H and O–H groups in total. The Labute approximate surface area is 128 Å². The lowest BCUT2D eigenvalue weighted by Gasteiger charge is -2.12. The number of rotatable bonds is 7. The summed E-state index contributed by atoms with van der Waals surface area (Å²) in [5.74, 6) is -0.294. The summed E-state index contributed by atoms with van der Waals surface area (Å²) in [6.07, 6.45) is -0.145. The van der Waals surface area contributed by atoms with E-state index in [2.05, 4.69) is 5.32 Å². The molecule has 0 aliphatic heterocycles. The minimum atomic E-state index is -4.01. The second-order valence-electron chi connectivity index (χ2n) is 4.29. The zero-order valence-electron chi connectivity index (χ0n) is 12.1. The molecule has 118 valence electrons. The molecule has 0 spiro atoms. The van der Waals surface area contributed by atoms with Crippen LogP contribution in [-0.2, 0) is 13.8 Å². The van der Waals surface area contributed by atoms with Crippen LogP contribution in [0.1, 0.15) is 24.2 Å². The first-order valence-corrected chi connectivity index (χ1v) is 8.63. The molecule has 0 heterocycles. The molecule has 0 fully saturated rings. The zero-order chi connectivity index (χ0) is 16.0. The maximum atomic E-state index is 12.0. The number of carbonyl (C=O) groups excluding carboxylic acids is 1. The van der Waals surface area contributed by atoms with Crippen LogP contribution in [0.4, 0.5) is 0 Å². The molecule has 0 saturated carbocycles. The third-order valence-electron chi connectivity index (χ3n) is 2.72. The molecule has 1 atom stereocenters. The maximum Gasteiger partial charge on any atom is 0.265 e. The number of hydrogen-bond donors (Lipinski definition) is 1. The van der Waals surface area contributed by atoms with Crippen molar-refractivity contribution in [1.29, 1.82) is 0 Å². The van der Waals surface area contributed by atoms with Crippen LogP contribution >= 0.6 is 10.7 Å². The Morgan fingerprint density at radius 2 is 2.10 bits per heavy atom. The van der Waals surface area contributed by atoms with Crippen molar-refractivity contribution >= 4 is 25.6 Å². The van der Waals surface area contributed by atoms with E-state index in [0.29, 0.717) is 6.54 Å². The van der Waals surface area contributed by atoms with Gasteiger partial charge in [-0.3, -0.25) is 4.79 Å². The predicted molar refractivity (Wildman–Crippen MR) is 79.5 cm³/mol. The minimum absolute atomic E-state index is 0.120. The van der Waals surface area contributed by atoms with Gasteiger partial charge < -0.3 is 14.8 Å². The lowest BCUT2D eigenvalue weighted by molar-refractivity contribution is 0.0870. The topological polar surface area (TPSA) is 81.7 Å². The van der Waals surface area contributed by atoms with E-state index >= 15 is 0 Å². The van der Waals surface area contributed by atoms with Gasteiger partial charge in [0.25, 0.3) is 15.0 Å². The normalized spacial score (nSPS) is 12.8. The lowest BCUT2D eigenvalue weighted by atomic mass is 10.2. The molecule has 1 amide bonds. The van der Waals surface area contributed by atoms with Crippen LogP contribution in [0.5, 0.6) is 5.75 Å². The van der Waals surface area contributed by atoms with Crippen molar-refractivity contribution in [3.05, 3.63) is 23.8 Å². The Hall–Kier alpha value is -1.31. The van der Waals surface area contributed by atoms with Crippen LogP contribution in [-0.4, -0.2) is 40.7 Å². The summed E-state index contributed by atoms with van der Waals surface area (Å²) in [6, 6.07) is 4.08. The largest absolute Gasteiger partial charge is 0.492 e. The Balaban J connectivity index is 3.02. The van der Waals surface area contributed by atoms with Crippen LogP contribution in [0.15, 0.2) is 23.1 Å². The number of hydrogen-bond acceptors (Lipinski definition) is 5. The highest BCUT2D eigenvalue weighted by molar-refractivity contribution is 8.13. The number of benzene rings is 1. The molecule has 1 aromatic carbocycles. The first kappa shape index (κ1) is 17.7. The Morgan fingerprint density at radius 3 is 2.62 bits per heavy atom. The van der Waals surface area contributed by atoms with Crippen molar-refractivity contribution in [2.24, 2.45) is 0 Å². The molecule has 6 nitrogen and oxygen atoms in total. The molecule has 1 rings (SSSR count). The van der Waals surface area contributed by atoms with E-state index in [4.69, 9.17) is 20.2 Å². The second-order valence-corrected chi connectivity index (χ2v) is 6.82. The van der Waals surface area contributed by atoms with Gasteiger partial charge in [-0.2, -0.15) is 0 Å². The van der Waals surface area contributed by atoms with E-state index in [9.17, 15) is 13.2 Å². The quantitative estimate of drug-likeness (QED) is 0.768. The molecule has 21 heavy (non-hydrogen) atoms. The van der Waals surface area contributed by atoms with Crippen molar-refractivity contribution in [2.75, 3.05) is 20.3 Å². The average molecular weight is 336 g/mol. The summed E-state index contributed by atoms with van der Waals surface area (Å²) in [5, 5.41) is 2.64. The summed E-state index contributed by atoms with van der Waals surface area (Å²) in [7, 11) is 2.90. The predicted octanol–water partition coefficient (Wildman–Crippen LogP) is 1.78. The summed E-state index contributed by atoms with van der Waals surface area (Å²) in [4.78, 5) is 11.7. The van der Waals surface area contributed by atoms with E-state index < -0.39 is 15.0 Å². The van der Waals surface area contributed by atoms with E-state index in [1.165, 1.54) is 25.3 Å². The average Bonchev–Trinajstić information content (AvgIpc) is 2.43. The van der Waals surface area contributed by atoms with E-state index in [-0.39, 0.29) is 28.9 Å². The number of methoxy groups -OCH3 is 1.